The van der Waals surface area contributed by atoms with Crippen LogP contribution in [0.3, 0.4) is 0 Å². The molecule has 1 aliphatic heterocycles. The largest absolute Gasteiger partial charge is 0.362 e. The molecule has 1 heterocycles. The minimum Gasteiger partial charge on any atom is -0.362 e. The molecule has 0 aromatic rings. The van der Waals surface area contributed by atoms with Crippen molar-refractivity contribution < 1.29 is 4.79 Å². The van der Waals surface area contributed by atoms with E-state index in [1.54, 1.807) is 0 Å². The fourth-order valence-corrected chi connectivity index (χ4v) is 1.51. The highest BCUT2D eigenvalue weighted by molar-refractivity contribution is 5.78. The molecule has 0 aromatic heterocycles. The molecule has 0 N–H and O–H groups in total. The molecule has 4 nitrogen and oxygen atoms in total. The number of carbonyl (C=O) groups excluding carboxylic acids is 1. The van der Waals surface area contributed by atoms with Gasteiger partial charge in [-0.2, -0.15) is 0 Å². The Hall–Kier alpha value is -1.19. The van der Waals surface area contributed by atoms with Crippen LogP contribution in [0.4, 0.5) is 0 Å². The minimum atomic E-state index is 0.198. The zero-order valence-corrected chi connectivity index (χ0v) is 9.94. The van der Waals surface area contributed by atoms with Gasteiger partial charge in [0.2, 0.25) is 5.91 Å². The Bertz CT molecular complexity index is 240. The number of unbranched alkanes of at least 4 members (excludes halogenated alkanes) is 1. The fraction of sp³-hybridized carbons (Fsp3) is 0.727. The van der Waals surface area contributed by atoms with Crippen LogP contribution < -0.4 is 0 Å². The van der Waals surface area contributed by atoms with Gasteiger partial charge in [-0.05, 0) is 6.42 Å². The molecule has 4 heteroatoms. The summed E-state index contributed by atoms with van der Waals surface area (Å²) < 4.78 is 0. The van der Waals surface area contributed by atoms with E-state index in [1.807, 2.05) is 36.3 Å². The van der Waals surface area contributed by atoms with Gasteiger partial charge in [-0.1, -0.05) is 13.3 Å². The maximum absolute atomic E-state index is 11.7. The van der Waals surface area contributed by atoms with Gasteiger partial charge in [0.25, 0.3) is 0 Å². The van der Waals surface area contributed by atoms with Crippen molar-refractivity contribution >= 4 is 5.91 Å². The Morgan fingerprint density at radius 1 is 1.47 bits per heavy atom. The van der Waals surface area contributed by atoms with Crippen molar-refractivity contribution in [3.8, 4) is 0 Å². The van der Waals surface area contributed by atoms with Gasteiger partial charge in [0.05, 0.1) is 13.2 Å². The third-order valence-electron chi connectivity index (χ3n) is 2.55. The summed E-state index contributed by atoms with van der Waals surface area (Å²) in [5.74, 6) is 0.198. The summed E-state index contributed by atoms with van der Waals surface area (Å²) in [5.41, 5.74) is 0. The summed E-state index contributed by atoms with van der Waals surface area (Å²) in [6, 6.07) is 0. The Labute approximate surface area is 92.1 Å². The highest BCUT2D eigenvalue weighted by Gasteiger charge is 2.14. The molecule has 15 heavy (non-hydrogen) atoms. The van der Waals surface area contributed by atoms with Crippen molar-refractivity contribution in [1.82, 2.24) is 14.7 Å². The lowest BCUT2D eigenvalue weighted by molar-refractivity contribution is -0.130. The maximum Gasteiger partial charge on any atom is 0.241 e. The van der Waals surface area contributed by atoms with E-state index < -0.39 is 0 Å². The summed E-state index contributed by atoms with van der Waals surface area (Å²) in [6.07, 6.45) is 6.16. The Morgan fingerprint density at radius 2 is 2.20 bits per heavy atom. The van der Waals surface area contributed by atoms with Gasteiger partial charge < -0.3 is 14.7 Å². The molecule has 0 unspecified atom stereocenters. The summed E-state index contributed by atoms with van der Waals surface area (Å²) in [4.78, 5) is 17.6. The van der Waals surface area contributed by atoms with Crippen molar-refractivity contribution in [3.05, 3.63) is 12.4 Å². The minimum absolute atomic E-state index is 0.198. The molecular weight excluding hydrogens is 190 g/mol. The topological polar surface area (TPSA) is 26.8 Å². The Morgan fingerprint density at radius 3 is 2.73 bits per heavy atom. The van der Waals surface area contributed by atoms with Crippen LogP contribution >= 0.6 is 0 Å². The summed E-state index contributed by atoms with van der Waals surface area (Å²) in [6.45, 7) is 4.30. The van der Waals surface area contributed by atoms with Crippen molar-refractivity contribution in [2.24, 2.45) is 0 Å². The Balaban J connectivity index is 2.26. The maximum atomic E-state index is 11.7. The van der Waals surface area contributed by atoms with Crippen LogP contribution in [0, 0.1) is 0 Å². The van der Waals surface area contributed by atoms with E-state index in [-0.39, 0.29) is 5.91 Å². The average Bonchev–Trinajstić information content (AvgIpc) is 2.60. The summed E-state index contributed by atoms with van der Waals surface area (Å²) >= 11 is 0. The molecule has 0 aliphatic carbocycles. The van der Waals surface area contributed by atoms with Crippen LogP contribution in [0.2, 0.25) is 0 Å². The molecule has 0 atom stereocenters. The second-order valence-corrected chi connectivity index (χ2v) is 4.11. The molecule has 0 saturated carbocycles. The van der Waals surface area contributed by atoms with Gasteiger partial charge in [-0.25, -0.2) is 0 Å². The zero-order chi connectivity index (χ0) is 11.3. The third-order valence-corrected chi connectivity index (χ3v) is 2.55. The monoisotopic (exact) mass is 211 g/mol. The zero-order valence-electron chi connectivity index (χ0n) is 9.94. The van der Waals surface area contributed by atoms with Crippen LogP contribution in [-0.4, -0.2) is 54.5 Å². The highest BCUT2D eigenvalue weighted by atomic mass is 16.2. The average molecular weight is 211 g/mol. The molecule has 0 fully saturated rings. The first-order valence-electron chi connectivity index (χ1n) is 5.50. The van der Waals surface area contributed by atoms with Crippen molar-refractivity contribution in [3.63, 3.8) is 0 Å². The number of rotatable bonds is 5. The van der Waals surface area contributed by atoms with E-state index in [2.05, 4.69) is 11.8 Å². The number of likely N-dealkylation sites (N-methyl/N-ethyl adjacent to an activating group) is 1. The number of hydrogen-bond donors (Lipinski definition) is 0. The molecule has 0 radical (unpaired) electrons. The predicted molar refractivity (Wildman–Crippen MR) is 61.0 cm³/mol. The summed E-state index contributed by atoms with van der Waals surface area (Å²) in [5, 5.41) is 0. The Kier molecular flexibility index (Phi) is 4.46. The van der Waals surface area contributed by atoms with Gasteiger partial charge in [-0.15, -0.1) is 0 Å². The molecule has 1 rings (SSSR count). The van der Waals surface area contributed by atoms with Gasteiger partial charge in [-0.3, -0.25) is 4.79 Å². The van der Waals surface area contributed by atoms with E-state index in [0.717, 1.165) is 26.1 Å². The molecule has 0 spiro atoms. The molecular formula is C11H21N3O. The van der Waals surface area contributed by atoms with Gasteiger partial charge >= 0.3 is 0 Å². The van der Waals surface area contributed by atoms with Crippen molar-refractivity contribution in [2.75, 3.05) is 33.9 Å². The normalized spacial score (nSPS) is 14.9. The highest BCUT2D eigenvalue weighted by Crippen LogP contribution is 2.04. The molecule has 1 amide bonds. The lowest BCUT2D eigenvalue weighted by atomic mass is 10.3. The van der Waals surface area contributed by atoms with E-state index in [1.165, 1.54) is 0 Å². The number of nitrogens with zero attached hydrogens (tertiary/aromatic N) is 3. The number of carbonyl (C=O) groups is 1. The molecule has 86 valence electrons. The quantitative estimate of drug-likeness (QED) is 0.676. The first-order chi connectivity index (χ1) is 7.13. The van der Waals surface area contributed by atoms with Crippen molar-refractivity contribution in [2.45, 2.75) is 19.8 Å². The number of amides is 1. The molecule has 0 bridgehead atoms. The third kappa shape index (κ3) is 3.81. The van der Waals surface area contributed by atoms with Gasteiger partial charge in [0.15, 0.2) is 0 Å². The first-order valence-corrected chi connectivity index (χ1v) is 5.50. The fourth-order valence-electron chi connectivity index (χ4n) is 1.51. The van der Waals surface area contributed by atoms with E-state index in [0.29, 0.717) is 6.54 Å². The second kappa shape index (κ2) is 5.63. The smallest absolute Gasteiger partial charge is 0.241 e. The molecule has 0 saturated heterocycles. The van der Waals surface area contributed by atoms with Crippen LogP contribution in [-0.2, 0) is 4.79 Å². The van der Waals surface area contributed by atoms with Crippen LogP contribution in [0.1, 0.15) is 19.8 Å². The predicted octanol–water partition coefficient (Wildman–Crippen LogP) is 0.921. The summed E-state index contributed by atoms with van der Waals surface area (Å²) in [7, 11) is 3.88. The van der Waals surface area contributed by atoms with E-state index >= 15 is 0 Å². The lowest BCUT2D eigenvalue weighted by Gasteiger charge is -2.22. The van der Waals surface area contributed by atoms with Gasteiger partial charge in [0, 0.05) is 33.0 Å². The second-order valence-electron chi connectivity index (χ2n) is 4.11. The van der Waals surface area contributed by atoms with E-state index in [4.69, 9.17) is 0 Å². The van der Waals surface area contributed by atoms with Crippen LogP contribution in [0.15, 0.2) is 12.4 Å². The van der Waals surface area contributed by atoms with Crippen LogP contribution in [0.5, 0.6) is 0 Å². The van der Waals surface area contributed by atoms with E-state index in [9.17, 15) is 4.79 Å². The first kappa shape index (κ1) is 11.9. The van der Waals surface area contributed by atoms with Crippen molar-refractivity contribution in [1.29, 1.82) is 0 Å². The number of hydrogen-bond acceptors (Lipinski definition) is 3. The molecule has 1 aliphatic rings. The molecule has 0 aromatic carbocycles. The van der Waals surface area contributed by atoms with Crippen LogP contribution in [0.25, 0.3) is 0 Å². The lowest BCUT2D eigenvalue weighted by Crippen LogP contribution is -2.37. The SMILES string of the molecule is CCCCN(C)C(=O)CN1C=CN(C)C1. The van der Waals surface area contributed by atoms with Gasteiger partial charge in [0.1, 0.15) is 0 Å². The standard InChI is InChI=1S/C11H21N3O/c1-4-5-6-13(3)11(15)9-14-8-7-12(2)10-14/h7-8H,4-6,9-10H2,1-3H3.